The number of ether oxygens (including phenoxy) is 1. The third-order valence-corrected chi connectivity index (χ3v) is 2.53. The minimum atomic E-state index is -0.610. The molecule has 0 fully saturated rings. The van der Waals surface area contributed by atoms with Crippen molar-refractivity contribution >= 4 is 0 Å². The fraction of sp³-hybridized carbons (Fsp3) is 0.143. The van der Waals surface area contributed by atoms with Crippen LogP contribution in [0.3, 0.4) is 0 Å². The van der Waals surface area contributed by atoms with Crippen LogP contribution in [0.15, 0.2) is 36.4 Å². The highest BCUT2D eigenvalue weighted by molar-refractivity contribution is 5.19. The molecule has 0 spiro atoms. The molecular weight excluding hydrogens is 260 g/mol. The number of hydrogen-bond acceptors (Lipinski definition) is 1. The van der Waals surface area contributed by atoms with Gasteiger partial charge in [-0.1, -0.05) is 0 Å². The minimum absolute atomic E-state index is 0.0248. The molecule has 5 heteroatoms. The lowest BCUT2D eigenvalue weighted by Crippen LogP contribution is -2.00. The van der Waals surface area contributed by atoms with E-state index in [1.165, 1.54) is 0 Å². The van der Waals surface area contributed by atoms with Crippen molar-refractivity contribution in [3.63, 3.8) is 0 Å². The summed E-state index contributed by atoms with van der Waals surface area (Å²) in [5.74, 6) is -2.39. The van der Waals surface area contributed by atoms with Gasteiger partial charge < -0.3 is 4.74 Å². The first-order valence-electron chi connectivity index (χ1n) is 5.52. The van der Waals surface area contributed by atoms with E-state index in [2.05, 4.69) is 0 Å². The summed E-state index contributed by atoms with van der Waals surface area (Å²) in [5, 5.41) is 0. The van der Waals surface area contributed by atoms with Gasteiger partial charge in [-0.25, -0.2) is 17.6 Å². The first-order chi connectivity index (χ1) is 9.06. The van der Waals surface area contributed by atoms with E-state index in [-0.39, 0.29) is 24.3 Å². The van der Waals surface area contributed by atoms with Gasteiger partial charge in [0.2, 0.25) is 0 Å². The molecule has 0 aliphatic rings. The topological polar surface area (TPSA) is 9.23 Å². The fourth-order valence-electron chi connectivity index (χ4n) is 1.58. The normalized spacial score (nSPS) is 10.7. The molecule has 0 saturated heterocycles. The third kappa shape index (κ3) is 3.54. The molecule has 0 N–H and O–H groups in total. The molecule has 0 unspecified atom stereocenters. The number of halogens is 4. The Balaban J connectivity index is 2.00. The number of rotatable bonds is 4. The summed E-state index contributed by atoms with van der Waals surface area (Å²) in [4.78, 5) is 0. The van der Waals surface area contributed by atoms with E-state index in [4.69, 9.17) is 4.74 Å². The molecule has 0 bridgehead atoms. The lowest BCUT2D eigenvalue weighted by molar-refractivity contribution is 0.102. The van der Waals surface area contributed by atoms with E-state index < -0.39 is 23.3 Å². The van der Waals surface area contributed by atoms with E-state index in [0.717, 1.165) is 36.4 Å². The van der Waals surface area contributed by atoms with Crippen LogP contribution in [-0.2, 0) is 18.0 Å². The average Bonchev–Trinajstić information content (AvgIpc) is 2.38. The molecule has 0 atom stereocenters. The lowest BCUT2D eigenvalue weighted by atomic mass is 10.2. The number of hydrogen-bond donors (Lipinski definition) is 0. The standard InChI is InChI=1S/C14H10F4O/c15-11-1-3-13(17)9(5-11)7-19-8-10-6-12(16)2-4-14(10)18/h1-6H,7-8H2. The minimum Gasteiger partial charge on any atom is -0.372 e. The maximum atomic E-state index is 13.3. The summed E-state index contributed by atoms with van der Waals surface area (Å²) < 4.78 is 57.3. The van der Waals surface area contributed by atoms with Crippen LogP contribution in [0.4, 0.5) is 17.6 Å². The fourth-order valence-corrected chi connectivity index (χ4v) is 1.58. The Morgan fingerprint density at radius 1 is 0.684 bits per heavy atom. The van der Waals surface area contributed by atoms with Gasteiger partial charge in [-0.05, 0) is 36.4 Å². The molecule has 0 aliphatic carbocycles. The molecule has 0 radical (unpaired) electrons. The maximum Gasteiger partial charge on any atom is 0.128 e. The van der Waals surface area contributed by atoms with Gasteiger partial charge in [0.05, 0.1) is 13.2 Å². The van der Waals surface area contributed by atoms with E-state index >= 15 is 0 Å². The van der Waals surface area contributed by atoms with Crippen LogP contribution in [-0.4, -0.2) is 0 Å². The van der Waals surface area contributed by atoms with Gasteiger partial charge in [0, 0.05) is 11.1 Å². The molecular formula is C14H10F4O. The van der Waals surface area contributed by atoms with E-state index in [0.29, 0.717) is 0 Å². The van der Waals surface area contributed by atoms with Crippen molar-refractivity contribution in [2.75, 3.05) is 0 Å². The maximum absolute atomic E-state index is 13.3. The zero-order valence-corrected chi connectivity index (χ0v) is 9.80. The summed E-state index contributed by atoms with van der Waals surface area (Å²) in [7, 11) is 0. The monoisotopic (exact) mass is 270 g/mol. The molecule has 1 nitrogen and oxygen atoms in total. The zero-order valence-electron chi connectivity index (χ0n) is 9.80. The van der Waals surface area contributed by atoms with Gasteiger partial charge in [0.15, 0.2) is 0 Å². The van der Waals surface area contributed by atoms with Crippen molar-refractivity contribution < 1.29 is 22.3 Å². The Kier molecular flexibility index (Phi) is 4.16. The molecule has 2 aromatic carbocycles. The van der Waals surface area contributed by atoms with Crippen molar-refractivity contribution in [3.05, 3.63) is 70.8 Å². The van der Waals surface area contributed by atoms with Crippen LogP contribution in [0.2, 0.25) is 0 Å². The van der Waals surface area contributed by atoms with Gasteiger partial charge in [-0.2, -0.15) is 0 Å². The lowest BCUT2D eigenvalue weighted by Gasteiger charge is -2.07. The SMILES string of the molecule is Fc1ccc(F)c(COCc2cc(F)ccc2F)c1. The van der Waals surface area contributed by atoms with Gasteiger partial charge in [-0.3, -0.25) is 0 Å². The smallest absolute Gasteiger partial charge is 0.128 e. The summed E-state index contributed by atoms with van der Waals surface area (Å²) in [6.07, 6.45) is 0. The Morgan fingerprint density at radius 3 is 1.53 bits per heavy atom. The summed E-state index contributed by atoms with van der Waals surface area (Å²) >= 11 is 0. The zero-order chi connectivity index (χ0) is 13.8. The van der Waals surface area contributed by atoms with Crippen molar-refractivity contribution in [2.24, 2.45) is 0 Å². The Morgan fingerprint density at radius 2 is 1.11 bits per heavy atom. The van der Waals surface area contributed by atoms with Crippen LogP contribution in [0.25, 0.3) is 0 Å². The predicted octanol–water partition coefficient (Wildman–Crippen LogP) is 3.96. The van der Waals surface area contributed by atoms with Crippen molar-refractivity contribution in [1.29, 1.82) is 0 Å². The Hall–Kier alpha value is -1.88. The van der Waals surface area contributed by atoms with Crippen LogP contribution in [0.5, 0.6) is 0 Å². The Labute approximate surface area is 107 Å². The second kappa shape index (κ2) is 5.84. The molecule has 0 amide bonds. The van der Waals surface area contributed by atoms with E-state index in [1.54, 1.807) is 0 Å². The first kappa shape index (κ1) is 13.5. The highest BCUT2D eigenvalue weighted by Crippen LogP contribution is 2.14. The third-order valence-electron chi connectivity index (χ3n) is 2.53. The summed E-state index contributed by atoms with van der Waals surface area (Å²) in [6, 6.07) is 5.94. The highest BCUT2D eigenvalue weighted by atomic mass is 19.1. The van der Waals surface area contributed by atoms with Crippen molar-refractivity contribution in [1.82, 2.24) is 0 Å². The second-order valence-corrected chi connectivity index (χ2v) is 3.96. The Bertz CT molecular complexity index is 532. The summed E-state index contributed by atoms with van der Waals surface area (Å²) in [5.41, 5.74) is 0.0497. The quantitative estimate of drug-likeness (QED) is 0.764. The van der Waals surface area contributed by atoms with E-state index in [9.17, 15) is 17.6 Å². The predicted molar refractivity (Wildman–Crippen MR) is 61.2 cm³/mol. The molecule has 2 aromatic rings. The van der Waals surface area contributed by atoms with Crippen molar-refractivity contribution in [2.45, 2.75) is 13.2 Å². The van der Waals surface area contributed by atoms with Gasteiger partial charge >= 0.3 is 0 Å². The largest absolute Gasteiger partial charge is 0.372 e. The number of benzene rings is 2. The van der Waals surface area contributed by atoms with Crippen LogP contribution < -0.4 is 0 Å². The van der Waals surface area contributed by atoms with Gasteiger partial charge in [0.1, 0.15) is 23.3 Å². The van der Waals surface area contributed by atoms with Crippen LogP contribution in [0.1, 0.15) is 11.1 Å². The second-order valence-electron chi connectivity index (χ2n) is 3.96. The molecule has 2 rings (SSSR count). The van der Waals surface area contributed by atoms with Gasteiger partial charge in [-0.15, -0.1) is 0 Å². The molecule has 0 heterocycles. The first-order valence-corrected chi connectivity index (χ1v) is 5.52. The molecule has 19 heavy (non-hydrogen) atoms. The summed E-state index contributed by atoms with van der Waals surface area (Å²) in [6.45, 7) is -0.445. The van der Waals surface area contributed by atoms with Crippen LogP contribution >= 0.6 is 0 Å². The van der Waals surface area contributed by atoms with Crippen LogP contribution in [0, 0.1) is 23.3 Å². The molecule has 0 aliphatic heterocycles. The average molecular weight is 270 g/mol. The van der Waals surface area contributed by atoms with Crippen molar-refractivity contribution in [3.8, 4) is 0 Å². The molecule has 100 valence electrons. The van der Waals surface area contributed by atoms with E-state index in [1.807, 2.05) is 0 Å². The molecule has 0 saturated carbocycles. The van der Waals surface area contributed by atoms with Gasteiger partial charge in [0.25, 0.3) is 0 Å². The molecule has 0 aromatic heterocycles. The highest BCUT2D eigenvalue weighted by Gasteiger charge is 2.07.